The summed E-state index contributed by atoms with van der Waals surface area (Å²) >= 11 is 0. The molecule has 3 saturated carbocycles. The van der Waals surface area contributed by atoms with Crippen LogP contribution in [0.15, 0.2) is 47.7 Å². The van der Waals surface area contributed by atoms with Crippen molar-refractivity contribution in [2.75, 3.05) is 0 Å². The molecular formula is C45H52O10. The van der Waals surface area contributed by atoms with Crippen LogP contribution in [0, 0.1) is 46.3 Å². The third-order valence-electron chi connectivity index (χ3n) is 14.6. The Kier molecular flexibility index (Phi) is 9.79. The van der Waals surface area contributed by atoms with E-state index in [0.717, 1.165) is 36.5 Å². The zero-order chi connectivity index (χ0) is 38.8. The van der Waals surface area contributed by atoms with E-state index in [4.69, 9.17) is 24.0 Å². The summed E-state index contributed by atoms with van der Waals surface area (Å²) in [4.78, 5) is 74.2. The van der Waals surface area contributed by atoms with Crippen molar-refractivity contribution in [2.24, 2.45) is 46.3 Å². The number of hydrogen-bond donors (Lipinski definition) is 0. The first-order chi connectivity index (χ1) is 26.3. The summed E-state index contributed by atoms with van der Waals surface area (Å²) < 4.78 is 15.6. The van der Waals surface area contributed by atoms with Gasteiger partial charge in [0.25, 0.3) is 0 Å². The highest BCUT2D eigenvalue weighted by molar-refractivity contribution is 6.16. The van der Waals surface area contributed by atoms with Crippen molar-refractivity contribution in [3.05, 3.63) is 81.1 Å². The Balaban J connectivity index is 1.04. The molecule has 0 amide bonds. The highest BCUT2D eigenvalue weighted by Crippen LogP contribution is 2.68. The molecule has 4 aliphatic carbocycles. The Bertz CT molecular complexity index is 1980. The highest BCUT2D eigenvalue weighted by atomic mass is 17.2. The molecule has 0 N–H and O–H groups in total. The SMILES string of the molecule is CC(C)CCCC(C)C1CCC2C3CC(OOCc4ccc5c(c4)C(=O)OC5=O)=C4CC(OC(=O)c5ccc6c(c5)C(=O)OC6=O)CCC4(C)C3CCC12C. The number of carbonyl (C=O) groups is 5. The smallest absolute Gasteiger partial charge is 0.346 e. The van der Waals surface area contributed by atoms with Gasteiger partial charge in [-0.05, 0) is 126 Å². The second-order valence-corrected chi connectivity index (χ2v) is 18.0. The fourth-order valence-electron chi connectivity index (χ4n) is 11.7. The quantitative estimate of drug-likeness (QED) is 0.0719. The standard InChI is InChI=1S/C45H52O10/c1-24(2)7-6-8-25(3)34-13-14-35-33-22-38(55-51-23-26-9-11-29-31(19-26)42(49)53-40(29)47)37-21-28(15-17-45(37,5)36(33)16-18-44(34,35)4)52-39(46)27-10-12-30-32(20-27)43(50)54-41(30)48/h9-12,19-20,24-25,28,33-36H,6-8,13-18,21-23H2,1-5H3. The molecule has 0 saturated heterocycles. The Labute approximate surface area is 322 Å². The maximum absolute atomic E-state index is 13.5. The highest BCUT2D eigenvalue weighted by Gasteiger charge is 2.61. The first kappa shape index (κ1) is 37.6. The van der Waals surface area contributed by atoms with Gasteiger partial charge >= 0.3 is 29.8 Å². The molecule has 2 heterocycles. The average Bonchev–Trinajstić information content (AvgIpc) is 3.76. The molecule has 6 aliphatic rings. The van der Waals surface area contributed by atoms with E-state index < -0.39 is 36.0 Å². The van der Waals surface area contributed by atoms with E-state index in [1.165, 1.54) is 56.7 Å². The number of fused-ring (bicyclic) bond motifs is 7. The molecule has 0 aromatic heterocycles. The molecule has 8 atom stereocenters. The number of hydrogen-bond acceptors (Lipinski definition) is 10. The van der Waals surface area contributed by atoms with Crippen molar-refractivity contribution in [2.45, 2.75) is 118 Å². The number of benzene rings is 2. The van der Waals surface area contributed by atoms with Gasteiger partial charge in [0.15, 0.2) is 0 Å². The van der Waals surface area contributed by atoms with Crippen LogP contribution < -0.4 is 0 Å². The maximum atomic E-state index is 13.5. The van der Waals surface area contributed by atoms with Gasteiger partial charge in [0.1, 0.15) is 18.5 Å². The largest absolute Gasteiger partial charge is 0.458 e. The van der Waals surface area contributed by atoms with Crippen LogP contribution in [0.1, 0.15) is 163 Å². The first-order valence-electron chi connectivity index (χ1n) is 20.3. The Morgan fingerprint density at radius 1 is 0.782 bits per heavy atom. The molecule has 292 valence electrons. The van der Waals surface area contributed by atoms with Crippen LogP contribution in [-0.4, -0.2) is 36.0 Å². The molecule has 0 bridgehead atoms. The monoisotopic (exact) mass is 752 g/mol. The minimum absolute atomic E-state index is 0.0646. The lowest BCUT2D eigenvalue weighted by Gasteiger charge is -2.58. The van der Waals surface area contributed by atoms with Gasteiger partial charge in [0, 0.05) is 12.8 Å². The number of allylic oxidation sites excluding steroid dienone is 1. The molecule has 2 aromatic carbocycles. The van der Waals surface area contributed by atoms with Crippen molar-refractivity contribution in [1.82, 2.24) is 0 Å². The summed E-state index contributed by atoms with van der Waals surface area (Å²) in [5.74, 6) is 1.07. The third kappa shape index (κ3) is 6.62. The summed E-state index contributed by atoms with van der Waals surface area (Å²) in [6.45, 7) is 12.1. The summed E-state index contributed by atoms with van der Waals surface area (Å²) in [7, 11) is 0. The van der Waals surface area contributed by atoms with E-state index in [2.05, 4.69) is 34.6 Å². The lowest BCUT2D eigenvalue weighted by molar-refractivity contribution is -0.281. The number of cyclic esters (lactones) is 4. The van der Waals surface area contributed by atoms with E-state index in [0.29, 0.717) is 48.0 Å². The predicted molar refractivity (Wildman–Crippen MR) is 199 cm³/mol. The van der Waals surface area contributed by atoms with E-state index in [-0.39, 0.29) is 45.3 Å². The fourth-order valence-corrected chi connectivity index (χ4v) is 11.7. The Morgan fingerprint density at radius 3 is 2.20 bits per heavy atom. The predicted octanol–water partition coefficient (Wildman–Crippen LogP) is 9.35. The third-order valence-corrected chi connectivity index (χ3v) is 14.6. The molecule has 10 nitrogen and oxygen atoms in total. The van der Waals surface area contributed by atoms with Gasteiger partial charge in [-0.25, -0.2) is 24.0 Å². The molecule has 3 fully saturated rings. The van der Waals surface area contributed by atoms with E-state index in [1.54, 1.807) is 18.2 Å². The van der Waals surface area contributed by atoms with Crippen LogP contribution in [0.25, 0.3) is 0 Å². The van der Waals surface area contributed by atoms with Crippen LogP contribution in [0.5, 0.6) is 0 Å². The molecule has 55 heavy (non-hydrogen) atoms. The molecule has 8 rings (SSSR count). The second kappa shape index (κ2) is 14.3. The number of rotatable bonds is 11. The number of carbonyl (C=O) groups excluding carboxylic acids is 5. The van der Waals surface area contributed by atoms with Crippen LogP contribution in [0.4, 0.5) is 0 Å². The summed E-state index contributed by atoms with van der Waals surface area (Å²) in [5, 5.41) is 0. The zero-order valence-corrected chi connectivity index (χ0v) is 32.6. The normalized spacial score (nSPS) is 31.3. The average molecular weight is 753 g/mol. The van der Waals surface area contributed by atoms with Gasteiger partial charge in [-0.3, -0.25) is 0 Å². The van der Waals surface area contributed by atoms with Gasteiger partial charge in [0.2, 0.25) is 0 Å². The number of ether oxygens (including phenoxy) is 3. The minimum atomic E-state index is -0.766. The second-order valence-electron chi connectivity index (χ2n) is 18.0. The van der Waals surface area contributed by atoms with Crippen molar-refractivity contribution in [3.8, 4) is 0 Å². The fraction of sp³-hybridized carbons (Fsp3) is 0.578. The van der Waals surface area contributed by atoms with Crippen molar-refractivity contribution in [1.29, 1.82) is 0 Å². The summed E-state index contributed by atoms with van der Waals surface area (Å²) in [6.07, 6.45) is 11.1. The van der Waals surface area contributed by atoms with E-state index >= 15 is 0 Å². The van der Waals surface area contributed by atoms with Crippen molar-refractivity contribution in [3.63, 3.8) is 0 Å². The van der Waals surface area contributed by atoms with Gasteiger partial charge in [-0.15, -0.1) is 0 Å². The van der Waals surface area contributed by atoms with Gasteiger partial charge in [-0.2, -0.15) is 4.89 Å². The van der Waals surface area contributed by atoms with E-state index in [1.807, 2.05) is 0 Å². The lowest BCUT2D eigenvalue weighted by Crippen LogP contribution is -2.52. The lowest BCUT2D eigenvalue weighted by atomic mass is 9.46. The van der Waals surface area contributed by atoms with E-state index in [9.17, 15) is 24.0 Å². The molecule has 2 aromatic rings. The van der Waals surface area contributed by atoms with Crippen molar-refractivity contribution < 1.29 is 48.0 Å². The van der Waals surface area contributed by atoms with Gasteiger partial charge < -0.3 is 19.1 Å². The molecule has 8 unspecified atom stereocenters. The number of esters is 5. The van der Waals surface area contributed by atoms with Gasteiger partial charge in [0.05, 0.1) is 27.8 Å². The minimum Gasteiger partial charge on any atom is -0.458 e. The molecule has 0 spiro atoms. The Hall–Kier alpha value is -4.31. The Morgan fingerprint density at radius 2 is 1.47 bits per heavy atom. The molecule has 0 radical (unpaired) electrons. The van der Waals surface area contributed by atoms with Crippen LogP contribution >= 0.6 is 0 Å². The summed E-state index contributed by atoms with van der Waals surface area (Å²) in [5.41, 5.74) is 2.79. The maximum Gasteiger partial charge on any atom is 0.346 e. The zero-order valence-electron chi connectivity index (χ0n) is 32.6. The first-order valence-corrected chi connectivity index (χ1v) is 20.3. The van der Waals surface area contributed by atoms with Crippen LogP contribution in [0.2, 0.25) is 0 Å². The van der Waals surface area contributed by atoms with Crippen LogP contribution in [0.3, 0.4) is 0 Å². The molecular weight excluding hydrogens is 700 g/mol. The summed E-state index contributed by atoms with van der Waals surface area (Å²) in [6, 6.07) is 9.23. The van der Waals surface area contributed by atoms with Crippen LogP contribution in [-0.2, 0) is 30.6 Å². The van der Waals surface area contributed by atoms with Crippen molar-refractivity contribution >= 4 is 29.8 Å². The topological polar surface area (TPSA) is 132 Å². The molecule has 2 aliphatic heterocycles. The molecule has 10 heteroatoms. The van der Waals surface area contributed by atoms with Gasteiger partial charge in [-0.1, -0.05) is 59.9 Å².